The highest BCUT2D eigenvalue weighted by Gasteiger charge is 2.33. The predicted molar refractivity (Wildman–Crippen MR) is 170 cm³/mol. The Bertz CT molecular complexity index is 1440. The summed E-state index contributed by atoms with van der Waals surface area (Å²) in [5.74, 6) is -0.834. The molecule has 1 unspecified atom stereocenters. The fourth-order valence-corrected chi connectivity index (χ4v) is 5.12. The minimum absolute atomic E-state index is 0.252. The van der Waals surface area contributed by atoms with Crippen LogP contribution in [0, 0.1) is 5.82 Å². The molecule has 0 bridgehead atoms. The van der Waals surface area contributed by atoms with Gasteiger partial charge in [0.25, 0.3) is 0 Å². The lowest BCUT2D eigenvalue weighted by Crippen LogP contribution is -2.19. The molecule has 47 heavy (non-hydrogen) atoms. The van der Waals surface area contributed by atoms with Crippen LogP contribution in [0.15, 0.2) is 84.9 Å². The molecule has 0 N–H and O–H groups in total. The van der Waals surface area contributed by atoms with Crippen molar-refractivity contribution in [1.29, 1.82) is 0 Å². The Morgan fingerprint density at radius 2 is 0.851 bits per heavy atom. The van der Waals surface area contributed by atoms with Crippen molar-refractivity contribution in [2.45, 2.75) is 57.7 Å². The van der Waals surface area contributed by atoms with Crippen LogP contribution in [0.2, 0.25) is 0 Å². The van der Waals surface area contributed by atoms with E-state index in [9.17, 15) is 30.7 Å². The number of alkyl halides is 6. The van der Waals surface area contributed by atoms with Gasteiger partial charge in [0.1, 0.15) is 17.2 Å². The van der Waals surface area contributed by atoms with Gasteiger partial charge in [-0.25, -0.2) is 4.39 Å². The number of halogens is 7. The fraction of sp³-hybridized carbons (Fsp3) is 0.314. The second-order valence-corrected chi connectivity index (χ2v) is 11.3. The van der Waals surface area contributed by atoms with Crippen LogP contribution < -0.4 is 24.3 Å². The summed E-state index contributed by atoms with van der Waals surface area (Å²) < 4.78 is 108. The van der Waals surface area contributed by atoms with Crippen molar-refractivity contribution in [2.24, 2.45) is 0 Å². The van der Waals surface area contributed by atoms with Gasteiger partial charge in [0, 0.05) is 5.30 Å². The molecule has 0 spiro atoms. The third kappa shape index (κ3) is 12.3. The molecule has 0 fully saturated rings. The number of ether oxygens (including phenoxy) is 4. The molecule has 4 aromatic rings. The van der Waals surface area contributed by atoms with Crippen LogP contribution in [0.1, 0.15) is 44.9 Å². The number of unbranched alkanes of at least 4 members (excludes halogenated alkanes) is 6. The van der Waals surface area contributed by atoms with E-state index in [1.54, 1.807) is 36.4 Å². The number of hydrogen-bond acceptors (Lipinski definition) is 4. The molecule has 0 saturated carbocycles. The maximum atomic E-state index is 14.0. The van der Waals surface area contributed by atoms with Crippen LogP contribution in [0.25, 0.3) is 22.3 Å². The Hall–Kier alpha value is -3.98. The van der Waals surface area contributed by atoms with Crippen LogP contribution in [-0.2, 0) is 0 Å². The number of benzene rings is 4. The van der Waals surface area contributed by atoms with E-state index in [-0.39, 0.29) is 5.75 Å². The first-order valence-electron chi connectivity index (χ1n) is 15.0. The van der Waals surface area contributed by atoms with Gasteiger partial charge >= 0.3 is 12.7 Å². The van der Waals surface area contributed by atoms with E-state index >= 15 is 0 Å². The first-order chi connectivity index (χ1) is 22.4. The second kappa shape index (κ2) is 16.7. The molecule has 0 aliphatic heterocycles. The topological polar surface area (TPSA) is 36.9 Å². The van der Waals surface area contributed by atoms with E-state index in [1.165, 1.54) is 12.1 Å². The average molecular weight is 683 g/mol. The Morgan fingerprint density at radius 3 is 1.28 bits per heavy atom. The van der Waals surface area contributed by atoms with E-state index in [1.807, 2.05) is 24.3 Å². The summed E-state index contributed by atoms with van der Waals surface area (Å²) in [6.45, 7) is 1.15. The maximum Gasteiger partial charge on any atom is 0.573 e. The molecule has 0 aliphatic carbocycles. The van der Waals surface area contributed by atoms with Gasteiger partial charge in [0.15, 0.2) is 11.6 Å². The molecule has 1 atom stereocenters. The van der Waals surface area contributed by atoms with Crippen molar-refractivity contribution in [3.05, 3.63) is 90.7 Å². The quantitative estimate of drug-likeness (QED) is 0.0670. The molecule has 0 heterocycles. The summed E-state index contributed by atoms with van der Waals surface area (Å²) in [4.78, 5) is 0. The Morgan fingerprint density at radius 1 is 0.468 bits per heavy atom. The standard InChI is InChI=1S/C35H34F7O4P/c36-30-22-26(12-18-31(30)45-34(37,38)39)24-8-14-28(15-9-24)43-20-6-4-2-1-3-5-7-21-44-29-16-10-25(11-17-29)27-13-19-32(33(47)23-27)46-35(40,41)42/h8-19,22-23H,1-7,20-21,47H2. The van der Waals surface area contributed by atoms with Crippen molar-refractivity contribution in [3.63, 3.8) is 0 Å². The van der Waals surface area contributed by atoms with E-state index in [0.717, 1.165) is 74.0 Å². The van der Waals surface area contributed by atoms with Gasteiger partial charge in [0.05, 0.1) is 13.2 Å². The molecular formula is C35H34F7O4P. The van der Waals surface area contributed by atoms with Gasteiger partial charge in [0.2, 0.25) is 0 Å². The van der Waals surface area contributed by atoms with E-state index in [0.29, 0.717) is 35.4 Å². The first kappa shape index (κ1) is 35.9. The normalized spacial score (nSPS) is 11.7. The summed E-state index contributed by atoms with van der Waals surface area (Å²) in [6, 6.07) is 22.1. The average Bonchev–Trinajstić information content (AvgIpc) is 3.01. The van der Waals surface area contributed by atoms with Crippen molar-refractivity contribution in [3.8, 4) is 45.3 Å². The van der Waals surface area contributed by atoms with Crippen LogP contribution in [0.5, 0.6) is 23.0 Å². The van der Waals surface area contributed by atoms with E-state index in [2.05, 4.69) is 18.7 Å². The van der Waals surface area contributed by atoms with Gasteiger partial charge < -0.3 is 18.9 Å². The second-order valence-electron chi connectivity index (χ2n) is 10.7. The molecule has 12 heteroatoms. The minimum atomic E-state index is -4.96. The molecule has 0 saturated heterocycles. The highest BCUT2D eigenvalue weighted by atomic mass is 31.0. The lowest BCUT2D eigenvalue weighted by Gasteiger charge is -2.12. The van der Waals surface area contributed by atoms with Crippen molar-refractivity contribution in [2.75, 3.05) is 13.2 Å². The van der Waals surface area contributed by atoms with Crippen LogP contribution >= 0.6 is 9.24 Å². The smallest absolute Gasteiger partial charge is 0.494 e. The van der Waals surface area contributed by atoms with Crippen LogP contribution in [0.4, 0.5) is 30.7 Å². The van der Waals surface area contributed by atoms with Crippen molar-refractivity contribution >= 4 is 14.5 Å². The lowest BCUT2D eigenvalue weighted by atomic mass is 10.1. The Balaban J connectivity index is 1.04. The van der Waals surface area contributed by atoms with Crippen LogP contribution in [-0.4, -0.2) is 25.9 Å². The molecule has 4 rings (SSSR count). The van der Waals surface area contributed by atoms with E-state index < -0.39 is 24.3 Å². The van der Waals surface area contributed by atoms with Crippen molar-refractivity contribution < 1.29 is 49.7 Å². The molecule has 0 aliphatic rings. The monoisotopic (exact) mass is 682 g/mol. The molecule has 0 amide bonds. The highest BCUT2D eigenvalue weighted by molar-refractivity contribution is 7.27. The third-order valence-electron chi connectivity index (χ3n) is 7.09. The first-order valence-corrected chi connectivity index (χ1v) is 15.6. The highest BCUT2D eigenvalue weighted by Crippen LogP contribution is 2.31. The molecule has 4 aromatic carbocycles. The summed E-state index contributed by atoms with van der Waals surface area (Å²) in [6.07, 6.45) is -2.50. The Labute approximate surface area is 271 Å². The predicted octanol–water partition coefficient (Wildman–Crippen LogP) is 10.6. The zero-order valence-corrected chi connectivity index (χ0v) is 26.5. The zero-order chi connectivity index (χ0) is 33.9. The van der Waals surface area contributed by atoms with Crippen LogP contribution in [0.3, 0.4) is 0 Å². The van der Waals surface area contributed by atoms with Gasteiger partial charge in [-0.3, -0.25) is 0 Å². The van der Waals surface area contributed by atoms with Gasteiger partial charge in [-0.05, 0) is 83.6 Å². The molecule has 4 nitrogen and oxygen atoms in total. The summed E-state index contributed by atoms with van der Waals surface area (Å²) in [5.41, 5.74) is 2.68. The number of hydrogen-bond donors (Lipinski definition) is 0. The molecular weight excluding hydrogens is 648 g/mol. The number of rotatable bonds is 16. The Kier molecular flexibility index (Phi) is 12.8. The third-order valence-corrected chi connectivity index (χ3v) is 7.55. The summed E-state index contributed by atoms with van der Waals surface area (Å²) in [5, 5.41) is 0.313. The SMILES string of the molecule is Fc1cc(-c2ccc(OCCCCCCCCCOc3ccc(-c4ccc(OC(F)(F)F)c(P)c4)cc3)cc2)ccc1OC(F)(F)F. The summed E-state index contributed by atoms with van der Waals surface area (Å²) in [7, 11) is 2.26. The van der Waals surface area contributed by atoms with Gasteiger partial charge in [-0.2, -0.15) is 0 Å². The van der Waals surface area contributed by atoms with Gasteiger partial charge in [-0.15, -0.1) is 35.6 Å². The van der Waals surface area contributed by atoms with Crippen molar-refractivity contribution in [1.82, 2.24) is 0 Å². The molecule has 0 aromatic heterocycles. The van der Waals surface area contributed by atoms with Gasteiger partial charge in [-0.1, -0.05) is 68.5 Å². The lowest BCUT2D eigenvalue weighted by molar-refractivity contribution is -0.276. The molecule has 0 radical (unpaired) electrons. The maximum absolute atomic E-state index is 14.0. The minimum Gasteiger partial charge on any atom is -0.494 e. The van der Waals surface area contributed by atoms with E-state index in [4.69, 9.17) is 9.47 Å². The zero-order valence-electron chi connectivity index (χ0n) is 25.3. The fourth-order valence-electron chi connectivity index (χ4n) is 4.79. The largest absolute Gasteiger partial charge is 0.573 e. The molecule has 252 valence electrons. The summed E-state index contributed by atoms with van der Waals surface area (Å²) >= 11 is 0.